The minimum absolute atomic E-state index is 0.219. The van der Waals surface area contributed by atoms with Crippen LogP contribution in [0.2, 0.25) is 0 Å². The summed E-state index contributed by atoms with van der Waals surface area (Å²) in [7, 11) is 1.87. The SMILES string of the molecule is CC(O)CCCNCc1cc(C#N)n(C)c1. The molecule has 4 nitrogen and oxygen atoms in total. The minimum Gasteiger partial charge on any atom is -0.393 e. The summed E-state index contributed by atoms with van der Waals surface area (Å²) in [5.41, 5.74) is 1.80. The Labute approximate surface area is 96.5 Å². The first-order valence-corrected chi connectivity index (χ1v) is 5.57. The van der Waals surface area contributed by atoms with E-state index in [1.807, 2.05) is 23.9 Å². The molecule has 1 aromatic rings. The lowest BCUT2D eigenvalue weighted by atomic mass is 10.2. The lowest BCUT2D eigenvalue weighted by Gasteiger charge is -2.04. The Morgan fingerprint density at radius 2 is 2.38 bits per heavy atom. The van der Waals surface area contributed by atoms with Crippen LogP contribution in [0.3, 0.4) is 0 Å². The molecule has 0 spiro atoms. The molecule has 1 unspecified atom stereocenters. The zero-order chi connectivity index (χ0) is 12.0. The van der Waals surface area contributed by atoms with Crippen LogP contribution in [0.4, 0.5) is 0 Å². The molecule has 0 radical (unpaired) electrons. The van der Waals surface area contributed by atoms with E-state index in [0.29, 0.717) is 5.69 Å². The molecule has 0 bridgehead atoms. The Bertz CT molecular complexity index is 363. The molecule has 1 rings (SSSR count). The van der Waals surface area contributed by atoms with Crippen molar-refractivity contribution in [2.75, 3.05) is 6.54 Å². The summed E-state index contributed by atoms with van der Waals surface area (Å²) >= 11 is 0. The van der Waals surface area contributed by atoms with Gasteiger partial charge in [0.2, 0.25) is 0 Å². The molecule has 0 aliphatic carbocycles. The molecule has 1 atom stereocenters. The molecule has 88 valence electrons. The molecule has 1 aromatic heterocycles. The smallest absolute Gasteiger partial charge is 0.120 e. The highest BCUT2D eigenvalue weighted by Crippen LogP contribution is 2.05. The molecule has 4 heteroatoms. The lowest BCUT2D eigenvalue weighted by Crippen LogP contribution is -2.15. The van der Waals surface area contributed by atoms with Crippen LogP contribution >= 0.6 is 0 Å². The Hall–Kier alpha value is -1.31. The van der Waals surface area contributed by atoms with Crippen molar-refractivity contribution in [3.05, 3.63) is 23.5 Å². The first-order chi connectivity index (χ1) is 7.63. The summed E-state index contributed by atoms with van der Waals surface area (Å²) in [4.78, 5) is 0. The van der Waals surface area contributed by atoms with Crippen LogP contribution in [0.5, 0.6) is 0 Å². The van der Waals surface area contributed by atoms with Crippen LogP contribution in [0.25, 0.3) is 0 Å². The number of rotatable bonds is 6. The second kappa shape index (κ2) is 6.31. The Morgan fingerprint density at radius 1 is 1.62 bits per heavy atom. The first-order valence-electron chi connectivity index (χ1n) is 5.57. The molecule has 2 N–H and O–H groups in total. The summed E-state index contributed by atoms with van der Waals surface area (Å²) in [5.74, 6) is 0. The zero-order valence-electron chi connectivity index (χ0n) is 9.90. The van der Waals surface area contributed by atoms with Crippen LogP contribution < -0.4 is 5.32 Å². The fourth-order valence-corrected chi connectivity index (χ4v) is 1.60. The molecule has 0 amide bonds. The number of nitriles is 1. The van der Waals surface area contributed by atoms with E-state index in [1.165, 1.54) is 0 Å². The van der Waals surface area contributed by atoms with Crippen LogP contribution in [0.1, 0.15) is 31.0 Å². The van der Waals surface area contributed by atoms with Crippen molar-refractivity contribution in [3.63, 3.8) is 0 Å². The Morgan fingerprint density at radius 3 is 2.94 bits per heavy atom. The number of hydrogen-bond acceptors (Lipinski definition) is 3. The number of nitrogens with one attached hydrogen (secondary N) is 1. The average molecular weight is 221 g/mol. The van der Waals surface area contributed by atoms with Crippen molar-refractivity contribution in [1.29, 1.82) is 5.26 Å². The Kier molecular flexibility index (Phi) is 5.03. The topological polar surface area (TPSA) is 61.0 Å². The highest BCUT2D eigenvalue weighted by molar-refractivity contribution is 5.28. The number of aromatic nitrogens is 1. The monoisotopic (exact) mass is 221 g/mol. The maximum absolute atomic E-state index is 9.07. The Balaban J connectivity index is 2.25. The third-order valence-corrected chi connectivity index (χ3v) is 2.48. The van der Waals surface area contributed by atoms with Crippen molar-refractivity contribution in [2.24, 2.45) is 7.05 Å². The van der Waals surface area contributed by atoms with E-state index >= 15 is 0 Å². The fourth-order valence-electron chi connectivity index (χ4n) is 1.60. The summed E-state index contributed by atoms with van der Waals surface area (Å²) in [6.07, 6.45) is 3.53. The van der Waals surface area contributed by atoms with Crippen LogP contribution in [0, 0.1) is 11.3 Å². The zero-order valence-corrected chi connectivity index (χ0v) is 9.90. The quantitative estimate of drug-likeness (QED) is 0.708. The molecule has 0 aromatic carbocycles. The number of aryl methyl sites for hydroxylation is 1. The molecular formula is C12H19N3O. The molecule has 0 saturated heterocycles. The molecule has 0 aliphatic rings. The van der Waals surface area contributed by atoms with E-state index in [4.69, 9.17) is 10.4 Å². The van der Waals surface area contributed by atoms with Gasteiger partial charge in [-0.15, -0.1) is 0 Å². The highest BCUT2D eigenvalue weighted by Gasteiger charge is 2.01. The van der Waals surface area contributed by atoms with Crippen LogP contribution in [-0.4, -0.2) is 22.3 Å². The third kappa shape index (κ3) is 4.05. The molecule has 0 saturated carbocycles. The van der Waals surface area contributed by atoms with Crippen molar-refractivity contribution in [2.45, 2.75) is 32.4 Å². The van der Waals surface area contributed by atoms with Gasteiger partial charge in [-0.1, -0.05) is 0 Å². The van der Waals surface area contributed by atoms with Gasteiger partial charge in [0.15, 0.2) is 0 Å². The molecule has 1 heterocycles. The van der Waals surface area contributed by atoms with Gasteiger partial charge in [-0.25, -0.2) is 0 Å². The standard InChI is InChI=1S/C12H19N3O/c1-10(16)4-3-5-14-8-11-6-12(7-13)15(2)9-11/h6,9-10,14,16H,3-5,8H2,1-2H3. The van der Waals surface area contributed by atoms with Crippen molar-refractivity contribution in [1.82, 2.24) is 9.88 Å². The van der Waals surface area contributed by atoms with Gasteiger partial charge in [0.05, 0.1) is 6.10 Å². The highest BCUT2D eigenvalue weighted by atomic mass is 16.3. The van der Waals surface area contributed by atoms with Crippen LogP contribution in [0.15, 0.2) is 12.3 Å². The molecule has 16 heavy (non-hydrogen) atoms. The van der Waals surface area contributed by atoms with Crippen molar-refractivity contribution in [3.8, 4) is 6.07 Å². The molecule has 0 aliphatic heterocycles. The molecular weight excluding hydrogens is 202 g/mol. The number of aliphatic hydroxyl groups is 1. The predicted molar refractivity (Wildman–Crippen MR) is 62.7 cm³/mol. The normalized spacial score (nSPS) is 12.4. The van der Waals surface area contributed by atoms with Gasteiger partial charge in [0.1, 0.15) is 11.8 Å². The fraction of sp³-hybridized carbons (Fsp3) is 0.583. The van der Waals surface area contributed by atoms with Gasteiger partial charge in [0, 0.05) is 19.8 Å². The van der Waals surface area contributed by atoms with Gasteiger partial charge in [0.25, 0.3) is 0 Å². The first kappa shape index (κ1) is 12.8. The van der Waals surface area contributed by atoms with Gasteiger partial charge < -0.3 is 15.0 Å². The van der Waals surface area contributed by atoms with Crippen molar-refractivity contribution >= 4 is 0 Å². The number of hydrogen-bond donors (Lipinski definition) is 2. The van der Waals surface area contributed by atoms with Gasteiger partial charge in [-0.2, -0.15) is 5.26 Å². The van der Waals surface area contributed by atoms with Gasteiger partial charge in [-0.05, 0) is 37.9 Å². The van der Waals surface area contributed by atoms with E-state index < -0.39 is 0 Å². The van der Waals surface area contributed by atoms with Crippen molar-refractivity contribution < 1.29 is 5.11 Å². The lowest BCUT2D eigenvalue weighted by molar-refractivity contribution is 0.181. The number of nitrogens with zero attached hydrogens (tertiary/aromatic N) is 2. The maximum atomic E-state index is 9.07. The summed E-state index contributed by atoms with van der Waals surface area (Å²) in [6.45, 7) is 3.47. The van der Waals surface area contributed by atoms with Gasteiger partial charge in [-0.3, -0.25) is 0 Å². The maximum Gasteiger partial charge on any atom is 0.120 e. The van der Waals surface area contributed by atoms with E-state index in [0.717, 1.165) is 31.5 Å². The second-order valence-electron chi connectivity index (χ2n) is 4.12. The minimum atomic E-state index is -0.219. The van der Waals surface area contributed by atoms with E-state index in [1.54, 1.807) is 6.92 Å². The van der Waals surface area contributed by atoms with E-state index in [9.17, 15) is 0 Å². The largest absolute Gasteiger partial charge is 0.393 e. The second-order valence-corrected chi connectivity index (χ2v) is 4.12. The number of aliphatic hydroxyl groups excluding tert-OH is 1. The van der Waals surface area contributed by atoms with E-state index in [-0.39, 0.29) is 6.10 Å². The molecule has 0 fully saturated rings. The summed E-state index contributed by atoms with van der Waals surface area (Å²) in [6, 6.07) is 4.02. The van der Waals surface area contributed by atoms with Gasteiger partial charge >= 0.3 is 0 Å². The average Bonchev–Trinajstić information content (AvgIpc) is 2.58. The summed E-state index contributed by atoms with van der Waals surface area (Å²) < 4.78 is 1.83. The van der Waals surface area contributed by atoms with Crippen LogP contribution in [-0.2, 0) is 13.6 Å². The predicted octanol–water partition coefficient (Wildman–Crippen LogP) is 1.15. The third-order valence-electron chi connectivity index (χ3n) is 2.48. The summed E-state index contributed by atoms with van der Waals surface area (Å²) in [5, 5.41) is 21.1. The van der Waals surface area contributed by atoms with E-state index in [2.05, 4.69) is 11.4 Å².